The zero-order valence-corrected chi connectivity index (χ0v) is 10.8. The third-order valence-electron chi connectivity index (χ3n) is 3.48. The third-order valence-corrected chi connectivity index (χ3v) is 3.48. The first-order chi connectivity index (χ1) is 8.33. The molecule has 94 valence electrons. The number of ether oxygens (including phenoxy) is 1. The van der Waals surface area contributed by atoms with Crippen LogP contribution >= 0.6 is 0 Å². The lowest BCUT2D eigenvalue weighted by atomic mass is 10.1. The minimum atomic E-state index is 0.392. The number of likely N-dealkylation sites (N-methyl/N-ethyl adjacent to an activating group) is 1. The van der Waals surface area contributed by atoms with Crippen LogP contribution in [-0.4, -0.2) is 38.7 Å². The fraction of sp³-hybridized carbons (Fsp3) is 0.571. The van der Waals surface area contributed by atoms with E-state index in [0.29, 0.717) is 6.04 Å². The summed E-state index contributed by atoms with van der Waals surface area (Å²) >= 11 is 0. The largest absolute Gasteiger partial charge is 0.497 e. The Balaban J connectivity index is 2.04. The van der Waals surface area contributed by atoms with Crippen LogP contribution in [0.2, 0.25) is 0 Å². The van der Waals surface area contributed by atoms with Gasteiger partial charge in [0, 0.05) is 12.6 Å². The van der Waals surface area contributed by atoms with Gasteiger partial charge in [0.2, 0.25) is 0 Å². The van der Waals surface area contributed by atoms with Crippen LogP contribution in [0.1, 0.15) is 24.4 Å². The van der Waals surface area contributed by atoms with Crippen LogP contribution in [0, 0.1) is 0 Å². The molecule has 2 rings (SSSR count). The highest BCUT2D eigenvalue weighted by atomic mass is 16.5. The van der Waals surface area contributed by atoms with Gasteiger partial charge in [0.1, 0.15) is 5.75 Å². The molecule has 1 aromatic carbocycles. The maximum Gasteiger partial charge on any atom is 0.119 e. The van der Waals surface area contributed by atoms with E-state index in [1.807, 2.05) is 13.1 Å². The highest BCUT2D eigenvalue weighted by Crippen LogP contribution is 2.21. The molecule has 0 spiro atoms. The third kappa shape index (κ3) is 3.20. The number of hydrogen-bond donors (Lipinski definition) is 1. The Morgan fingerprint density at radius 3 is 2.76 bits per heavy atom. The van der Waals surface area contributed by atoms with E-state index < -0.39 is 0 Å². The molecule has 1 saturated heterocycles. The molecule has 0 bridgehead atoms. The summed E-state index contributed by atoms with van der Waals surface area (Å²) in [5.41, 5.74) is 1.30. The molecular formula is C14H22N2O. The van der Waals surface area contributed by atoms with Crippen molar-refractivity contribution in [2.75, 3.05) is 33.8 Å². The molecule has 1 aromatic rings. The molecule has 0 amide bonds. The Bertz CT molecular complexity index is 348. The molecule has 1 N–H and O–H groups in total. The molecule has 17 heavy (non-hydrogen) atoms. The fourth-order valence-electron chi connectivity index (χ4n) is 2.45. The average Bonchev–Trinajstić information content (AvgIpc) is 2.89. The first-order valence-electron chi connectivity index (χ1n) is 6.37. The highest BCUT2D eigenvalue weighted by Gasteiger charge is 2.17. The summed E-state index contributed by atoms with van der Waals surface area (Å²) in [6.45, 7) is 3.56. The van der Waals surface area contributed by atoms with Gasteiger partial charge in [-0.1, -0.05) is 12.1 Å². The van der Waals surface area contributed by atoms with Crippen LogP contribution < -0.4 is 10.1 Å². The van der Waals surface area contributed by atoms with Crippen molar-refractivity contribution in [1.29, 1.82) is 0 Å². The van der Waals surface area contributed by atoms with Gasteiger partial charge in [-0.3, -0.25) is 0 Å². The van der Waals surface area contributed by atoms with E-state index >= 15 is 0 Å². The van der Waals surface area contributed by atoms with Gasteiger partial charge in [0.05, 0.1) is 7.11 Å². The van der Waals surface area contributed by atoms with E-state index in [1.165, 1.54) is 31.5 Å². The van der Waals surface area contributed by atoms with Gasteiger partial charge in [-0.15, -0.1) is 0 Å². The second-order valence-electron chi connectivity index (χ2n) is 4.63. The molecule has 3 nitrogen and oxygen atoms in total. The van der Waals surface area contributed by atoms with Gasteiger partial charge in [0.15, 0.2) is 0 Å². The van der Waals surface area contributed by atoms with Crippen molar-refractivity contribution < 1.29 is 4.74 Å². The monoisotopic (exact) mass is 234 g/mol. The van der Waals surface area contributed by atoms with Gasteiger partial charge < -0.3 is 15.0 Å². The van der Waals surface area contributed by atoms with Gasteiger partial charge >= 0.3 is 0 Å². The summed E-state index contributed by atoms with van der Waals surface area (Å²) < 4.78 is 5.28. The highest BCUT2D eigenvalue weighted by molar-refractivity contribution is 5.30. The molecule has 1 aliphatic rings. The number of benzene rings is 1. The second-order valence-corrected chi connectivity index (χ2v) is 4.63. The van der Waals surface area contributed by atoms with Crippen molar-refractivity contribution in [3.8, 4) is 5.75 Å². The van der Waals surface area contributed by atoms with Crippen LogP contribution in [0.5, 0.6) is 5.75 Å². The van der Waals surface area contributed by atoms with Gasteiger partial charge in [-0.2, -0.15) is 0 Å². The standard InChI is InChI=1S/C14H22N2O/c1-15-14(11-16-8-3-4-9-16)12-6-5-7-13(10-12)17-2/h5-7,10,14-15H,3-4,8-9,11H2,1-2H3/t14-/m0/s1. The quantitative estimate of drug-likeness (QED) is 0.844. The van der Waals surface area contributed by atoms with Crippen LogP contribution in [0.25, 0.3) is 0 Å². The number of likely N-dealkylation sites (tertiary alicyclic amines) is 1. The van der Waals surface area contributed by atoms with Crippen molar-refractivity contribution in [3.05, 3.63) is 29.8 Å². The summed E-state index contributed by atoms with van der Waals surface area (Å²) in [5.74, 6) is 0.934. The Labute approximate surface area is 104 Å². The Morgan fingerprint density at radius 2 is 2.12 bits per heavy atom. The lowest BCUT2D eigenvalue weighted by molar-refractivity contribution is 0.299. The van der Waals surface area contributed by atoms with Crippen LogP contribution in [0.4, 0.5) is 0 Å². The van der Waals surface area contributed by atoms with E-state index in [0.717, 1.165) is 12.3 Å². The molecule has 1 aliphatic heterocycles. The topological polar surface area (TPSA) is 24.5 Å². The molecule has 0 aliphatic carbocycles. The van der Waals surface area contributed by atoms with E-state index in [1.54, 1.807) is 7.11 Å². The molecule has 0 aromatic heterocycles. The summed E-state index contributed by atoms with van der Waals surface area (Å²) in [4.78, 5) is 2.53. The normalized spacial score (nSPS) is 18.2. The minimum Gasteiger partial charge on any atom is -0.497 e. The van der Waals surface area contributed by atoms with Crippen molar-refractivity contribution in [3.63, 3.8) is 0 Å². The van der Waals surface area contributed by atoms with Crippen LogP contribution in [-0.2, 0) is 0 Å². The SMILES string of the molecule is CN[C@@H](CN1CCCC1)c1cccc(OC)c1. The number of rotatable bonds is 5. The zero-order chi connectivity index (χ0) is 12.1. The fourth-order valence-corrected chi connectivity index (χ4v) is 2.45. The lowest BCUT2D eigenvalue weighted by Crippen LogP contribution is -2.31. The molecule has 1 heterocycles. The summed E-state index contributed by atoms with van der Waals surface area (Å²) in [7, 11) is 3.74. The second kappa shape index (κ2) is 6.03. The summed E-state index contributed by atoms with van der Waals surface area (Å²) in [6.07, 6.45) is 2.68. The van der Waals surface area contributed by atoms with Crippen molar-refractivity contribution in [2.45, 2.75) is 18.9 Å². The number of hydrogen-bond acceptors (Lipinski definition) is 3. The smallest absolute Gasteiger partial charge is 0.119 e. The van der Waals surface area contributed by atoms with Crippen molar-refractivity contribution >= 4 is 0 Å². The molecular weight excluding hydrogens is 212 g/mol. The van der Waals surface area contributed by atoms with Crippen LogP contribution in [0.3, 0.4) is 0 Å². The molecule has 0 radical (unpaired) electrons. The molecule has 0 saturated carbocycles. The predicted molar refractivity (Wildman–Crippen MR) is 70.5 cm³/mol. The Hall–Kier alpha value is -1.06. The van der Waals surface area contributed by atoms with E-state index in [-0.39, 0.29) is 0 Å². The van der Waals surface area contributed by atoms with E-state index in [4.69, 9.17) is 4.74 Å². The summed E-state index contributed by atoms with van der Waals surface area (Å²) in [5, 5.41) is 3.40. The molecule has 1 fully saturated rings. The number of methoxy groups -OCH3 is 1. The average molecular weight is 234 g/mol. The lowest BCUT2D eigenvalue weighted by Gasteiger charge is -2.23. The Kier molecular flexibility index (Phi) is 4.40. The van der Waals surface area contributed by atoms with Gasteiger partial charge in [-0.05, 0) is 50.7 Å². The first kappa shape index (κ1) is 12.4. The van der Waals surface area contributed by atoms with E-state index in [9.17, 15) is 0 Å². The number of nitrogens with one attached hydrogen (secondary N) is 1. The maximum atomic E-state index is 5.28. The first-order valence-corrected chi connectivity index (χ1v) is 6.37. The predicted octanol–water partition coefficient (Wildman–Crippen LogP) is 2.05. The maximum absolute atomic E-state index is 5.28. The molecule has 1 atom stereocenters. The Morgan fingerprint density at radius 1 is 1.35 bits per heavy atom. The van der Waals surface area contributed by atoms with Crippen LogP contribution in [0.15, 0.2) is 24.3 Å². The van der Waals surface area contributed by atoms with Gasteiger partial charge in [0.25, 0.3) is 0 Å². The molecule has 0 unspecified atom stereocenters. The van der Waals surface area contributed by atoms with E-state index in [2.05, 4.69) is 28.4 Å². The zero-order valence-electron chi connectivity index (χ0n) is 10.8. The van der Waals surface area contributed by atoms with Crippen molar-refractivity contribution in [1.82, 2.24) is 10.2 Å². The molecule has 3 heteroatoms. The minimum absolute atomic E-state index is 0.392. The summed E-state index contributed by atoms with van der Waals surface area (Å²) in [6, 6.07) is 8.73. The number of nitrogens with zero attached hydrogens (tertiary/aromatic N) is 1. The van der Waals surface area contributed by atoms with Crippen molar-refractivity contribution in [2.24, 2.45) is 0 Å². The van der Waals surface area contributed by atoms with Gasteiger partial charge in [-0.25, -0.2) is 0 Å².